The minimum Gasteiger partial charge on any atom is -0.378 e. The van der Waals surface area contributed by atoms with E-state index in [2.05, 4.69) is 17.6 Å². The first-order valence-electron chi connectivity index (χ1n) is 7.34. The second kappa shape index (κ2) is 7.10. The minimum absolute atomic E-state index is 0.215. The predicted octanol–water partition coefficient (Wildman–Crippen LogP) is 1.31. The molecule has 0 aromatic heterocycles. The van der Waals surface area contributed by atoms with Crippen LogP contribution in [-0.4, -0.2) is 38.3 Å². The number of rotatable bonds is 5. The Balaban J connectivity index is 1.57. The van der Waals surface area contributed by atoms with Crippen molar-refractivity contribution in [2.75, 3.05) is 26.2 Å². The fourth-order valence-corrected chi connectivity index (χ4v) is 2.88. The molecule has 104 valence electrons. The van der Waals surface area contributed by atoms with E-state index in [1.807, 2.05) is 0 Å². The van der Waals surface area contributed by atoms with Gasteiger partial charge in [-0.25, -0.2) is 0 Å². The van der Waals surface area contributed by atoms with Gasteiger partial charge in [-0.15, -0.1) is 0 Å². The highest BCUT2D eigenvalue weighted by atomic mass is 16.5. The van der Waals surface area contributed by atoms with Gasteiger partial charge in [0.05, 0.1) is 6.10 Å². The summed E-state index contributed by atoms with van der Waals surface area (Å²) in [6.07, 6.45) is 5.56. The fraction of sp³-hybridized carbons (Fsp3) is 0.929. The van der Waals surface area contributed by atoms with E-state index in [0.717, 1.165) is 45.0 Å². The number of piperidine rings is 1. The van der Waals surface area contributed by atoms with Gasteiger partial charge in [0.25, 0.3) is 0 Å². The van der Waals surface area contributed by atoms with Crippen LogP contribution in [0.25, 0.3) is 0 Å². The molecule has 2 saturated heterocycles. The lowest BCUT2D eigenvalue weighted by atomic mass is 9.93. The third-order valence-electron chi connectivity index (χ3n) is 4.33. The van der Waals surface area contributed by atoms with Gasteiger partial charge in [0.1, 0.15) is 0 Å². The molecular weight excluding hydrogens is 228 g/mol. The van der Waals surface area contributed by atoms with Gasteiger partial charge in [0, 0.05) is 25.5 Å². The first-order chi connectivity index (χ1) is 8.75. The fourth-order valence-electron chi connectivity index (χ4n) is 2.88. The molecule has 2 heterocycles. The average molecular weight is 254 g/mol. The number of hydrogen-bond acceptors (Lipinski definition) is 3. The monoisotopic (exact) mass is 254 g/mol. The largest absolute Gasteiger partial charge is 0.378 e. The van der Waals surface area contributed by atoms with E-state index in [1.165, 1.54) is 12.8 Å². The first kappa shape index (κ1) is 13.8. The summed E-state index contributed by atoms with van der Waals surface area (Å²) in [5.41, 5.74) is 0. The molecule has 2 aliphatic rings. The van der Waals surface area contributed by atoms with E-state index < -0.39 is 0 Å². The third-order valence-corrected chi connectivity index (χ3v) is 4.33. The highest BCUT2D eigenvalue weighted by Crippen LogP contribution is 2.20. The highest BCUT2D eigenvalue weighted by Gasteiger charge is 2.24. The van der Waals surface area contributed by atoms with Crippen molar-refractivity contribution in [1.82, 2.24) is 10.6 Å². The molecule has 1 amide bonds. The Labute approximate surface area is 110 Å². The molecule has 0 aromatic carbocycles. The van der Waals surface area contributed by atoms with Gasteiger partial charge in [0.2, 0.25) is 5.91 Å². The second-order valence-electron chi connectivity index (χ2n) is 5.66. The van der Waals surface area contributed by atoms with Crippen molar-refractivity contribution >= 4 is 5.91 Å². The lowest BCUT2D eigenvalue weighted by molar-refractivity contribution is -0.121. The predicted molar refractivity (Wildman–Crippen MR) is 71.4 cm³/mol. The summed E-state index contributed by atoms with van der Waals surface area (Å²) in [6.45, 7) is 5.95. The van der Waals surface area contributed by atoms with E-state index in [0.29, 0.717) is 18.4 Å². The van der Waals surface area contributed by atoms with Crippen LogP contribution in [0.1, 0.15) is 39.0 Å². The molecule has 2 fully saturated rings. The molecule has 2 atom stereocenters. The molecule has 4 nitrogen and oxygen atoms in total. The zero-order valence-electron chi connectivity index (χ0n) is 11.4. The van der Waals surface area contributed by atoms with Crippen LogP contribution < -0.4 is 10.6 Å². The standard InChI is InChI=1S/C14H26N2O2/c1-11-13(6-9-18-11)10-16-14(17)3-2-12-4-7-15-8-5-12/h11-13,15H,2-10H2,1H3,(H,16,17). The topological polar surface area (TPSA) is 50.4 Å². The van der Waals surface area contributed by atoms with Crippen molar-refractivity contribution < 1.29 is 9.53 Å². The number of ether oxygens (including phenoxy) is 1. The summed E-state index contributed by atoms with van der Waals surface area (Å²) in [7, 11) is 0. The Morgan fingerprint density at radius 3 is 2.78 bits per heavy atom. The minimum atomic E-state index is 0.215. The molecule has 0 bridgehead atoms. The van der Waals surface area contributed by atoms with Gasteiger partial charge < -0.3 is 15.4 Å². The smallest absolute Gasteiger partial charge is 0.220 e. The van der Waals surface area contributed by atoms with Crippen LogP contribution in [0, 0.1) is 11.8 Å². The summed E-state index contributed by atoms with van der Waals surface area (Å²) in [5, 5.41) is 6.42. The molecular formula is C14H26N2O2. The molecule has 2 rings (SSSR count). The molecule has 0 saturated carbocycles. The van der Waals surface area contributed by atoms with Crippen LogP contribution in [0.3, 0.4) is 0 Å². The van der Waals surface area contributed by atoms with E-state index in [1.54, 1.807) is 0 Å². The first-order valence-corrected chi connectivity index (χ1v) is 7.34. The van der Waals surface area contributed by atoms with Crippen LogP contribution in [0.5, 0.6) is 0 Å². The lowest BCUT2D eigenvalue weighted by Crippen LogP contribution is -2.33. The molecule has 2 unspecified atom stereocenters. The van der Waals surface area contributed by atoms with Crippen LogP contribution in [0.4, 0.5) is 0 Å². The van der Waals surface area contributed by atoms with E-state index >= 15 is 0 Å². The van der Waals surface area contributed by atoms with E-state index in [4.69, 9.17) is 4.74 Å². The van der Waals surface area contributed by atoms with Gasteiger partial charge in [-0.1, -0.05) is 0 Å². The number of nitrogens with one attached hydrogen (secondary N) is 2. The number of hydrogen-bond donors (Lipinski definition) is 2. The Morgan fingerprint density at radius 2 is 2.11 bits per heavy atom. The van der Waals surface area contributed by atoms with Crippen LogP contribution in [0.2, 0.25) is 0 Å². The Bertz CT molecular complexity index is 265. The van der Waals surface area contributed by atoms with Crippen molar-refractivity contribution in [3.05, 3.63) is 0 Å². The van der Waals surface area contributed by atoms with Gasteiger partial charge in [0.15, 0.2) is 0 Å². The zero-order chi connectivity index (χ0) is 12.8. The average Bonchev–Trinajstić information content (AvgIpc) is 2.81. The molecule has 0 radical (unpaired) electrons. The highest BCUT2D eigenvalue weighted by molar-refractivity contribution is 5.75. The molecule has 0 aliphatic carbocycles. The van der Waals surface area contributed by atoms with Gasteiger partial charge >= 0.3 is 0 Å². The second-order valence-corrected chi connectivity index (χ2v) is 5.66. The molecule has 0 aromatic rings. The van der Waals surface area contributed by atoms with Crippen LogP contribution >= 0.6 is 0 Å². The van der Waals surface area contributed by atoms with Crippen LogP contribution in [-0.2, 0) is 9.53 Å². The summed E-state index contributed by atoms with van der Waals surface area (Å²) < 4.78 is 5.49. The van der Waals surface area contributed by atoms with Crippen molar-refractivity contribution in [3.63, 3.8) is 0 Å². The van der Waals surface area contributed by atoms with Crippen molar-refractivity contribution in [2.24, 2.45) is 11.8 Å². The van der Waals surface area contributed by atoms with Crippen molar-refractivity contribution in [2.45, 2.75) is 45.1 Å². The maximum absolute atomic E-state index is 11.8. The van der Waals surface area contributed by atoms with Crippen molar-refractivity contribution in [3.8, 4) is 0 Å². The van der Waals surface area contributed by atoms with Gasteiger partial charge in [-0.2, -0.15) is 0 Å². The normalized spacial score (nSPS) is 29.4. The summed E-state index contributed by atoms with van der Waals surface area (Å²) >= 11 is 0. The molecule has 0 spiro atoms. The molecule has 4 heteroatoms. The molecule has 18 heavy (non-hydrogen) atoms. The maximum atomic E-state index is 11.8. The van der Waals surface area contributed by atoms with Crippen LogP contribution in [0.15, 0.2) is 0 Å². The SMILES string of the molecule is CC1OCCC1CNC(=O)CCC1CCNCC1. The quantitative estimate of drug-likeness (QED) is 0.777. The van der Waals surface area contributed by atoms with Gasteiger partial charge in [-0.05, 0) is 51.6 Å². The number of carbonyl (C=O) groups excluding carboxylic acids is 1. The Hall–Kier alpha value is -0.610. The van der Waals surface area contributed by atoms with Crippen molar-refractivity contribution in [1.29, 1.82) is 0 Å². The maximum Gasteiger partial charge on any atom is 0.220 e. The number of carbonyl (C=O) groups is 1. The van der Waals surface area contributed by atoms with Gasteiger partial charge in [-0.3, -0.25) is 4.79 Å². The van der Waals surface area contributed by atoms with E-state index in [9.17, 15) is 4.79 Å². The lowest BCUT2D eigenvalue weighted by Gasteiger charge is -2.22. The Morgan fingerprint density at radius 1 is 1.33 bits per heavy atom. The zero-order valence-corrected chi connectivity index (χ0v) is 11.4. The third kappa shape index (κ3) is 4.25. The summed E-state index contributed by atoms with van der Waals surface area (Å²) in [5.74, 6) is 1.46. The molecule has 2 aliphatic heterocycles. The Kier molecular flexibility index (Phi) is 5.45. The van der Waals surface area contributed by atoms with E-state index in [-0.39, 0.29) is 5.91 Å². The molecule has 2 N–H and O–H groups in total. The summed E-state index contributed by atoms with van der Waals surface area (Å²) in [6, 6.07) is 0. The summed E-state index contributed by atoms with van der Waals surface area (Å²) in [4.78, 5) is 11.8. The number of amides is 1.